The first-order valence-electron chi connectivity index (χ1n) is 10.1. The normalized spacial score (nSPS) is 16.2. The van der Waals surface area contributed by atoms with Crippen LogP contribution in [0.3, 0.4) is 0 Å². The van der Waals surface area contributed by atoms with Gasteiger partial charge in [0.25, 0.3) is 0 Å². The number of aliphatic carboxylic acids is 1. The predicted molar refractivity (Wildman–Crippen MR) is 113 cm³/mol. The van der Waals surface area contributed by atoms with Gasteiger partial charge in [0.15, 0.2) is 0 Å². The van der Waals surface area contributed by atoms with Crippen LogP contribution in [0.1, 0.15) is 40.5 Å². The number of hydrogen-bond donors (Lipinski definition) is 4. The van der Waals surface area contributed by atoms with Gasteiger partial charge in [-0.15, -0.1) is 0 Å². The summed E-state index contributed by atoms with van der Waals surface area (Å²) in [6, 6.07) is 4.32. The molecule has 9 nitrogen and oxygen atoms in total. The molecule has 0 saturated carbocycles. The fraction of sp³-hybridized carbons (Fsp3) is 0.524. The minimum atomic E-state index is -1.12. The van der Waals surface area contributed by atoms with E-state index in [-0.39, 0.29) is 24.3 Å². The highest BCUT2D eigenvalue weighted by atomic mass is 16.4. The van der Waals surface area contributed by atoms with Gasteiger partial charge in [0.05, 0.1) is 11.4 Å². The van der Waals surface area contributed by atoms with Crippen molar-refractivity contribution in [3.8, 4) is 0 Å². The molecule has 1 aromatic rings. The molecule has 0 fully saturated rings. The molecule has 0 saturated heterocycles. The maximum Gasteiger partial charge on any atom is 0.326 e. The van der Waals surface area contributed by atoms with Crippen molar-refractivity contribution in [1.82, 2.24) is 10.6 Å². The van der Waals surface area contributed by atoms with Gasteiger partial charge in [0.1, 0.15) is 18.6 Å². The predicted octanol–water partition coefficient (Wildman–Crippen LogP) is 2.18. The Balaban J connectivity index is 2.20. The third kappa shape index (κ3) is 5.71. The van der Waals surface area contributed by atoms with Crippen LogP contribution in [0.15, 0.2) is 24.3 Å². The SMILES string of the molecule is CC[C@H](C)[C@H](NC(=O)[C@H](CC(C)C)NC(=O)N1CC(=O)Nc2ccccc21)C(=O)O. The van der Waals surface area contributed by atoms with Gasteiger partial charge in [0.2, 0.25) is 11.8 Å². The summed E-state index contributed by atoms with van der Waals surface area (Å²) >= 11 is 0. The van der Waals surface area contributed by atoms with E-state index < -0.39 is 30.0 Å². The molecule has 3 atom stereocenters. The number of urea groups is 1. The number of para-hydroxylation sites is 2. The molecule has 164 valence electrons. The van der Waals surface area contributed by atoms with E-state index in [1.54, 1.807) is 31.2 Å². The number of rotatable bonds is 8. The number of carbonyl (C=O) groups excluding carboxylic acids is 3. The summed E-state index contributed by atoms with van der Waals surface area (Å²) < 4.78 is 0. The Morgan fingerprint density at radius 1 is 1.17 bits per heavy atom. The number of hydrogen-bond acceptors (Lipinski definition) is 4. The Hall–Kier alpha value is -3.10. The molecule has 1 aliphatic heterocycles. The lowest BCUT2D eigenvalue weighted by Crippen LogP contribution is -2.57. The average Bonchev–Trinajstić information content (AvgIpc) is 2.69. The Bertz CT molecular complexity index is 810. The molecule has 30 heavy (non-hydrogen) atoms. The highest BCUT2D eigenvalue weighted by Gasteiger charge is 2.33. The maximum absolute atomic E-state index is 13.0. The van der Waals surface area contributed by atoms with Crippen LogP contribution in [0.25, 0.3) is 0 Å². The summed E-state index contributed by atoms with van der Waals surface area (Å²) in [5.41, 5.74) is 1.04. The molecule has 2 rings (SSSR count). The van der Waals surface area contributed by atoms with Crippen molar-refractivity contribution in [3.63, 3.8) is 0 Å². The minimum Gasteiger partial charge on any atom is -0.480 e. The van der Waals surface area contributed by atoms with Crippen molar-refractivity contribution in [2.45, 2.75) is 52.6 Å². The molecule has 0 aliphatic carbocycles. The van der Waals surface area contributed by atoms with E-state index in [0.29, 0.717) is 24.2 Å². The molecule has 4 amide bonds. The second-order valence-corrected chi connectivity index (χ2v) is 7.99. The molecule has 0 spiro atoms. The topological polar surface area (TPSA) is 128 Å². The van der Waals surface area contributed by atoms with Crippen LogP contribution >= 0.6 is 0 Å². The van der Waals surface area contributed by atoms with Crippen LogP contribution in [0, 0.1) is 11.8 Å². The standard InChI is InChI=1S/C21H30N4O5/c1-5-13(4)18(20(28)29)24-19(27)15(10-12(2)3)23-21(30)25-11-17(26)22-14-8-6-7-9-16(14)25/h6-9,12-13,15,18H,5,10-11H2,1-4H3,(H,22,26)(H,23,30)(H,24,27)(H,28,29)/t13-,15-,18-/m0/s1. The van der Waals surface area contributed by atoms with Crippen LogP contribution < -0.4 is 20.9 Å². The highest BCUT2D eigenvalue weighted by Crippen LogP contribution is 2.28. The summed E-state index contributed by atoms with van der Waals surface area (Å²) in [5, 5.41) is 17.4. The number of nitrogens with one attached hydrogen (secondary N) is 3. The van der Waals surface area contributed by atoms with E-state index in [0.717, 1.165) is 0 Å². The largest absolute Gasteiger partial charge is 0.480 e. The van der Waals surface area contributed by atoms with Crippen LogP contribution in [-0.4, -0.2) is 47.5 Å². The Labute approximate surface area is 176 Å². The molecule has 1 aliphatic rings. The van der Waals surface area contributed by atoms with Crippen molar-refractivity contribution in [1.29, 1.82) is 0 Å². The average molecular weight is 418 g/mol. The molecule has 0 aromatic heterocycles. The molecule has 0 bridgehead atoms. The lowest BCUT2D eigenvalue weighted by Gasteiger charge is -2.31. The van der Waals surface area contributed by atoms with Gasteiger partial charge in [-0.2, -0.15) is 0 Å². The first-order chi connectivity index (χ1) is 14.1. The highest BCUT2D eigenvalue weighted by molar-refractivity contribution is 6.10. The molecule has 4 N–H and O–H groups in total. The Morgan fingerprint density at radius 2 is 1.83 bits per heavy atom. The quantitative estimate of drug-likeness (QED) is 0.514. The molecule has 1 heterocycles. The van der Waals surface area contributed by atoms with Crippen molar-refractivity contribution < 1.29 is 24.3 Å². The molecule has 9 heteroatoms. The summed E-state index contributed by atoms with van der Waals surface area (Å²) in [6.07, 6.45) is 0.907. The van der Waals surface area contributed by atoms with Crippen molar-refractivity contribution in [3.05, 3.63) is 24.3 Å². The maximum atomic E-state index is 13.0. The van der Waals surface area contributed by atoms with Gasteiger partial charge in [0, 0.05) is 0 Å². The summed E-state index contributed by atoms with van der Waals surface area (Å²) in [5.74, 6) is -2.20. The van der Waals surface area contributed by atoms with Crippen molar-refractivity contribution in [2.75, 3.05) is 16.8 Å². The Morgan fingerprint density at radius 3 is 2.43 bits per heavy atom. The zero-order valence-electron chi connectivity index (χ0n) is 17.8. The van der Waals surface area contributed by atoms with Crippen LogP contribution in [0.4, 0.5) is 16.2 Å². The zero-order valence-corrected chi connectivity index (χ0v) is 17.8. The number of anilines is 2. The fourth-order valence-electron chi connectivity index (χ4n) is 3.28. The fourth-order valence-corrected chi connectivity index (χ4v) is 3.28. The van der Waals surface area contributed by atoms with E-state index in [2.05, 4.69) is 16.0 Å². The number of carbonyl (C=O) groups is 4. The number of carboxylic acid groups (broad SMARTS) is 1. The smallest absolute Gasteiger partial charge is 0.326 e. The van der Waals surface area contributed by atoms with E-state index in [1.165, 1.54) is 4.90 Å². The van der Waals surface area contributed by atoms with Crippen molar-refractivity contribution in [2.24, 2.45) is 11.8 Å². The van der Waals surface area contributed by atoms with Crippen LogP contribution in [0.2, 0.25) is 0 Å². The molecule has 1 aromatic carbocycles. The van der Waals surface area contributed by atoms with Gasteiger partial charge < -0.3 is 21.1 Å². The van der Waals surface area contributed by atoms with Crippen molar-refractivity contribution >= 4 is 35.2 Å². The molecular formula is C21H30N4O5. The van der Waals surface area contributed by atoms with E-state index >= 15 is 0 Å². The second-order valence-electron chi connectivity index (χ2n) is 7.99. The van der Waals surface area contributed by atoms with Gasteiger partial charge in [-0.1, -0.05) is 46.2 Å². The first-order valence-corrected chi connectivity index (χ1v) is 10.1. The minimum absolute atomic E-state index is 0.0740. The number of fused-ring (bicyclic) bond motifs is 1. The summed E-state index contributed by atoms with van der Waals surface area (Å²) in [4.78, 5) is 50.6. The Kier molecular flexibility index (Phi) is 7.79. The summed E-state index contributed by atoms with van der Waals surface area (Å²) in [7, 11) is 0. The molecule has 0 radical (unpaired) electrons. The number of benzene rings is 1. The van der Waals surface area contributed by atoms with E-state index in [9.17, 15) is 24.3 Å². The lowest BCUT2D eigenvalue weighted by atomic mass is 9.97. The number of amides is 4. The van der Waals surface area contributed by atoms with Gasteiger partial charge >= 0.3 is 12.0 Å². The van der Waals surface area contributed by atoms with Crippen LogP contribution in [0.5, 0.6) is 0 Å². The number of carboxylic acids is 1. The monoisotopic (exact) mass is 418 g/mol. The zero-order chi connectivity index (χ0) is 22.4. The van der Waals surface area contributed by atoms with Gasteiger partial charge in [-0.3, -0.25) is 14.5 Å². The van der Waals surface area contributed by atoms with Gasteiger partial charge in [-0.25, -0.2) is 9.59 Å². The molecular weight excluding hydrogens is 388 g/mol. The third-order valence-corrected chi connectivity index (χ3v) is 5.11. The van der Waals surface area contributed by atoms with Gasteiger partial charge in [-0.05, 0) is 30.4 Å². The lowest BCUT2D eigenvalue weighted by molar-refractivity contribution is -0.143. The van der Waals surface area contributed by atoms with E-state index in [4.69, 9.17) is 0 Å². The van der Waals surface area contributed by atoms with E-state index in [1.807, 2.05) is 20.8 Å². The van der Waals surface area contributed by atoms with Crippen LogP contribution in [-0.2, 0) is 14.4 Å². The number of nitrogens with zero attached hydrogens (tertiary/aromatic N) is 1. The third-order valence-electron chi connectivity index (χ3n) is 5.11. The second kappa shape index (κ2) is 10.1. The summed E-state index contributed by atoms with van der Waals surface area (Å²) in [6.45, 7) is 7.22. The first kappa shape index (κ1) is 23.2. The molecule has 0 unspecified atom stereocenters.